The van der Waals surface area contributed by atoms with Gasteiger partial charge in [0, 0.05) is 17.3 Å². The highest BCUT2D eigenvalue weighted by atomic mass is 32.1. The van der Waals surface area contributed by atoms with Gasteiger partial charge >= 0.3 is 0 Å². The molecule has 1 atom stereocenters. The van der Waals surface area contributed by atoms with Crippen molar-refractivity contribution in [3.8, 4) is 0 Å². The summed E-state index contributed by atoms with van der Waals surface area (Å²) in [4.78, 5) is 15.8. The molecular weight excluding hydrogens is 222 g/mol. The van der Waals surface area contributed by atoms with Crippen LogP contribution in [0.15, 0.2) is 5.38 Å². The Morgan fingerprint density at radius 3 is 2.75 bits per heavy atom. The Balaban J connectivity index is 2.61. The van der Waals surface area contributed by atoms with Crippen LogP contribution in [0.25, 0.3) is 0 Å². The van der Waals surface area contributed by atoms with E-state index in [0.717, 1.165) is 12.2 Å². The second-order valence-corrected chi connectivity index (χ2v) is 4.86. The van der Waals surface area contributed by atoms with Gasteiger partial charge in [-0.1, -0.05) is 20.8 Å². The van der Waals surface area contributed by atoms with Gasteiger partial charge in [-0.15, -0.1) is 11.3 Å². The van der Waals surface area contributed by atoms with Crippen LogP contribution in [-0.2, 0) is 4.79 Å². The summed E-state index contributed by atoms with van der Waals surface area (Å²) in [6, 6.07) is 0.228. The number of rotatable bonds is 5. The largest absolute Gasteiger partial charge is 0.309 e. The molecule has 0 bridgehead atoms. The van der Waals surface area contributed by atoms with Gasteiger partial charge < -0.3 is 10.6 Å². The van der Waals surface area contributed by atoms with Crippen molar-refractivity contribution in [3.63, 3.8) is 0 Å². The Hall–Kier alpha value is -0.940. The van der Waals surface area contributed by atoms with Crippen LogP contribution >= 0.6 is 11.3 Å². The van der Waals surface area contributed by atoms with E-state index < -0.39 is 0 Å². The molecule has 0 spiro atoms. The lowest BCUT2D eigenvalue weighted by Gasteiger charge is -2.08. The fourth-order valence-electron chi connectivity index (χ4n) is 1.20. The quantitative estimate of drug-likeness (QED) is 0.832. The van der Waals surface area contributed by atoms with Crippen molar-refractivity contribution in [2.24, 2.45) is 5.92 Å². The molecule has 1 amide bonds. The maximum absolute atomic E-state index is 11.5. The Morgan fingerprint density at radius 2 is 2.19 bits per heavy atom. The first-order valence-corrected chi connectivity index (χ1v) is 6.42. The van der Waals surface area contributed by atoms with Crippen LogP contribution in [0.4, 0.5) is 5.13 Å². The van der Waals surface area contributed by atoms with Gasteiger partial charge in [-0.05, 0) is 13.5 Å². The van der Waals surface area contributed by atoms with Crippen LogP contribution in [0.3, 0.4) is 0 Å². The number of aromatic nitrogens is 1. The smallest absolute Gasteiger partial charge is 0.228 e. The molecule has 1 aromatic heterocycles. The van der Waals surface area contributed by atoms with Gasteiger partial charge in [-0.25, -0.2) is 4.98 Å². The van der Waals surface area contributed by atoms with Crippen molar-refractivity contribution in [2.75, 3.05) is 11.9 Å². The van der Waals surface area contributed by atoms with Crippen LogP contribution in [0, 0.1) is 5.92 Å². The average Bonchev–Trinajstić information content (AvgIpc) is 2.66. The van der Waals surface area contributed by atoms with Gasteiger partial charge in [0.05, 0.1) is 5.69 Å². The molecule has 1 heterocycles. The SMILES string of the molecule is CCNC(C)c1csc(NC(=O)C(C)C)n1. The van der Waals surface area contributed by atoms with E-state index >= 15 is 0 Å². The van der Waals surface area contributed by atoms with Crippen LogP contribution in [0.2, 0.25) is 0 Å². The van der Waals surface area contributed by atoms with Gasteiger partial charge in [0.25, 0.3) is 0 Å². The molecule has 5 heteroatoms. The number of amides is 1. The molecule has 1 unspecified atom stereocenters. The molecular formula is C11H19N3OS. The molecule has 1 rings (SSSR count). The standard InChI is InChI=1S/C11H19N3OS/c1-5-12-8(4)9-6-16-11(13-9)14-10(15)7(2)3/h6-8,12H,5H2,1-4H3,(H,13,14,15). The minimum atomic E-state index is -0.0152. The molecule has 4 nitrogen and oxygen atoms in total. The number of thiazole rings is 1. The molecule has 0 aromatic carbocycles. The van der Waals surface area contributed by atoms with E-state index in [1.807, 2.05) is 19.2 Å². The second kappa shape index (κ2) is 5.96. The molecule has 0 radical (unpaired) electrons. The Labute approximate surface area is 100 Å². The molecule has 90 valence electrons. The van der Waals surface area contributed by atoms with Crippen LogP contribution in [0.1, 0.15) is 39.4 Å². The monoisotopic (exact) mass is 241 g/mol. The van der Waals surface area contributed by atoms with Gasteiger partial charge in [0.1, 0.15) is 0 Å². The van der Waals surface area contributed by atoms with Crippen molar-refractivity contribution in [1.29, 1.82) is 0 Å². The fraction of sp³-hybridized carbons (Fsp3) is 0.636. The summed E-state index contributed by atoms with van der Waals surface area (Å²) in [5.41, 5.74) is 0.978. The first kappa shape index (κ1) is 13.1. The maximum Gasteiger partial charge on any atom is 0.228 e. The van der Waals surface area contributed by atoms with Gasteiger partial charge in [0.2, 0.25) is 5.91 Å². The Morgan fingerprint density at radius 1 is 1.50 bits per heavy atom. The van der Waals surface area contributed by atoms with Crippen molar-refractivity contribution in [2.45, 2.75) is 33.7 Å². The molecule has 0 fully saturated rings. The van der Waals surface area contributed by atoms with Crippen molar-refractivity contribution in [3.05, 3.63) is 11.1 Å². The zero-order valence-corrected chi connectivity index (χ0v) is 11.0. The molecule has 2 N–H and O–H groups in total. The molecule has 0 aliphatic carbocycles. The van der Waals surface area contributed by atoms with Crippen molar-refractivity contribution >= 4 is 22.4 Å². The van der Waals surface area contributed by atoms with Crippen molar-refractivity contribution in [1.82, 2.24) is 10.3 Å². The van der Waals surface area contributed by atoms with Crippen LogP contribution in [-0.4, -0.2) is 17.4 Å². The van der Waals surface area contributed by atoms with Gasteiger partial charge in [-0.3, -0.25) is 4.79 Å². The molecule has 1 aromatic rings. The van der Waals surface area contributed by atoms with Gasteiger partial charge in [0.15, 0.2) is 5.13 Å². The topological polar surface area (TPSA) is 54.0 Å². The molecule has 0 saturated heterocycles. The summed E-state index contributed by atoms with van der Waals surface area (Å²) in [5, 5.41) is 8.74. The minimum absolute atomic E-state index is 0.0111. The van der Waals surface area contributed by atoms with E-state index in [4.69, 9.17) is 0 Å². The molecule has 0 aliphatic rings. The summed E-state index contributed by atoms with van der Waals surface area (Å²) in [5.74, 6) is -0.00413. The van der Waals surface area contributed by atoms with E-state index in [9.17, 15) is 4.79 Å². The van der Waals surface area contributed by atoms with E-state index in [1.54, 1.807) is 0 Å². The number of hydrogen-bond acceptors (Lipinski definition) is 4. The number of anilines is 1. The summed E-state index contributed by atoms with van der Waals surface area (Å²) in [7, 11) is 0. The summed E-state index contributed by atoms with van der Waals surface area (Å²) >= 11 is 1.47. The van der Waals surface area contributed by atoms with E-state index in [-0.39, 0.29) is 17.9 Å². The highest BCUT2D eigenvalue weighted by Crippen LogP contribution is 2.20. The first-order chi connectivity index (χ1) is 7.54. The molecule has 0 aliphatic heterocycles. The normalized spacial score (nSPS) is 12.8. The third kappa shape index (κ3) is 3.57. The zero-order valence-electron chi connectivity index (χ0n) is 10.2. The highest BCUT2D eigenvalue weighted by molar-refractivity contribution is 7.13. The minimum Gasteiger partial charge on any atom is -0.309 e. The number of carbonyl (C=O) groups is 1. The van der Waals surface area contributed by atoms with Crippen molar-refractivity contribution < 1.29 is 4.79 Å². The lowest BCUT2D eigenvalue weighted by Crippen LogP contribution is -2.19. The predicted molar refractivity (Wildman–Crippen MR) is 67.7 cm³/mol. The first-order valence-electron chi connectivity index (χ1n) is 5.54. The Kier molecular flexibility index (Phi) is 4.89. The molecule has 16 heavy (non-hydrogen) atoms. The maximum atomic E-state index is 11.5. The number of carbonyl (C=O) groups excluding carboxylic acids is 1. The summed E-state index contributed by atoms with van der Waals surface area (Å²) in [6.45, 7) is 8.76. The lowest BCUT2D eigenvalue weighted by atomic mass is 10.2. The summed E-state index contributed by atoms with van der Waals surface area (Å²) < 4.78 is 0. The average molecular weight is 241 g/mol. The number of nitrogens with one attached hydrogen (secondary N) is 2. The van der Waals surface area contributed by atoms with Crippen LogP contribution in [0.5, 0.6) is 0 Å². The lowest BCUT2D eigenvalue weighted by molar-refractivity contribution is -0.118. The fourth-order valence-corrected chi connectivity index (χ4v) is 2.01. The number of hydrogen-bond donors (Lipinski definition) is 2. The zero-order chi connectivity index (χ0) is 12.1. The van der Waals surface area contributed by atoms with E-state index in [2.05, 4.69) is 29.5 Å². The summed E-state index contributed by atoms with van der Waals surface area (Å²) in [6.07, 6.45) is 0. The highest BCUT2D eigenvalue weighted by Gasteiger charge is 2.12. The van der Waals surface area contributed by atoms with Crippen LogP contribution < -0.4 is 10.6 Å². The van der Waals surface area contributed by atoms with E-state index in [0.29, 0.717) is 5.13 Å². The van der Waals surface area contributed by atoms with E-state index in [1.165, 1.54) is 11.3 Å². The Bertz CT molecular complexity index is 349. The number of nitrogens with zero attached hydrogens (tertiary/aromatic N) is 1. The molecule has 0 saturated carbocycles. The predicted octanol–water partition coefficient (Wildman–Crippen LogP) is 2.41. The van der Waals surface area contributed by atoms with Gasteiger partial charge in [-0.2, -0.15) is 0 Å². The second-order valence-electron chi connectivity index (χ2n) is 4.00. The third-order valence-electron chi connectivity index (χ3n) is 2.23. The third-order valence-corrected chi connectivity index (χ3v) is 3.01.